The Balaban J connectivity index is 0.00000144. The van der Waals surface area contributed by atoms with Gasteiger partial charge in [-0.15, -0.1) is 23.7 Å². The molecule has 1 aromatic rings. The molecular weight excluding hydrogens is 371 g/mol. The average Bonchev–Trinajstić information content (AvgIpc) is 2.68. The van der Waals surface area contributed by atoms with Crippen molar-refractivity contribution in [1.82, 2.24) is 10.6 Å². The minimum atomic E-state index is 0. The van der Waals surface area contributed by atoms with Crippen LogP contribution in [0, 0.1) is 8.80 Å². The molecule has 1 amide bonds. The molecule has 1 aliphatic heterocycles. The van der Waals surface area contributed by atoms with Crippen LogP contribution in [-0.2, 0) is 0 Å². The SMILES string of the molecule is CC1CCNCC1NC(=O)c1csc(I)c1.Cl. The van der Waals surface area contributed by atoms with Crippen molar-refractivity contribution in [1.29, 1.82) is 0 Å². The zero-order chi connectivity index (χ0) is 11.5. The number of carbonyl (C=O) groups is 1. The molecule has 1 aliphatic rings. The molecule has 2 rings (SSSR count). The summed E-state index contributed by atoms with van der Waals surface area (Å²) >= 11 is 3.84. The summed E-state index contributed by atoms with van der Waals surface area (Å²) in [6.07, 6.45) is 1.13. The Morgan fingerprint density at radius 1 is 1.65 bits per heavy atom. The van der Waals surface area contributed by atoms with Crippen LogP contribution in [0.3, 0.4) is 0 Å². The number of amides is 1. The maximum Gasteiger partial charge on any atom is 0.252 e. The Morgan fingerprint density at radius 3 is 3.00 bits per heavy atom. The van der Waals surface area contributed by atoms with Crippen molar-refractivity contribution >= 4 is 52.2 Å². The highest BCUT2D eigenvalue weighted by Gasteiger charge is 2.23. The van der Waals surface area contributed by atoms with Gasteiger partial charge in [0.05, 0.1) is 8.45 Å². The van der Waals surface area contributed by atoms with Gasteiger partial charge in [0.2, 0.25) is 0 Å². The lowest BCUT2D eigenvalue weighted by molar-refractivity contribution is 0.0915. The summed E-state index contributed by atoms with van der Waals surface area (Å²) in [4.78, 5) is 11.9. The van der Waals surface area contributed by atoms with Gasteiger partial charge in [0.1, 0.15) is 0 Å². The molecule has 2 N–H and O–H groups in total. The molecule has 0 aromatic carbocycles. The lowest BCUT2D eigenvalue weighted by atomic mass is 9.94. The molecule has 1 aromatic heterocycles. The second-order valence-electron chi connectivity index (χ2n) is 4.19. The van der Waals surface area contributed by atoms with Crippen molar-refractivity contribution in [2.24, 2.45) is 5.92 Å². The van der Waals surface area contributed by atoms with Crippen LogP contribution in [-0.4, -0.2) is 25.0 Å². The predicted molar refractivity (Wildman–Crippen MR) is 82.2 cm³/mol. The van der Waals surface area contributed by atoms with Crippen molar-refractivity contribution in [3.8, 4) is 0 Å². The van der Waals surface area contributed by atoms with Crippen LogP contribution in [0.2, 0.25) is 0 Å². The van der Waals surface area contributed by atoms with E-state index in [-0.39, 0.29) is 24.4 Å². The first-order valence-corrected chi connectivity index (χ1v) is 7.38. The van der Waals surface area contributed by atoms with E-state index in [0.29, 0.717) is 5.92 Å². The Morgan fingerprint density at radius 2 is 2.41 bits per heavy atom. The highest BCUT2D eigenvalue weighted by Crippen LogP contribution is 2.17. The van der Waals surface area contributed by atoms with Crippen LogP contribution in [0.1, 0.15) is 23.7 Å². The number of halogens is 2. The monoisotopic (exact) mass is 386 g/mol. The first-order valence-electron chi connectivity index (χ1n) is 5.42. The number of hydrogen-bond acceptors (Lipinski definition) is 3. The fourth-order valence-electron chi connectivity index (χ4n) is 1.86. The lowest BCUT2D eigenvalue weighted by Gasteiger charge is -2.30. The van der Waals surface area contributed by atoms with Crippen molar-refractivity contribution in [2.45, 2.75) is 19.4 Å². The van der Waals surface area contributed by atoms with Gasteiger partial charge in [0.15, 0.2) is 0 Å². The Hall–Kier alpha value is 0.150. The molecule has 2 heterocycles. The van der Waals surface area contributed by atoms with Gasteiger partial charge in [-0.3, -0.25) is 4.79 Å². The third-order valence-electron chi connectivity index (χ3n) is 2.97. The summed E-state index contributed by atoms with van der Waals surface area (Å²) in [5.41, 5.74) is 0.784. The maximum absolute atomic E-state index is 11.9. The molecule has 0 bridgehead atoms. The van der Waals surface area contributed by atoms with Gasteiger partial charge in [-0.1, -0.05) is 6.92 Å². The molecule has 2 atom stereocenters. The summed E-state index contributed by atoms with van der Waals surface area (Å²) in [6, 6.07) is 2.19. The molecule has 3 nitrogen and oxygen atoms in total. The van der Waals surface area contributed by atoms with Gasteiger partial charge in [-0.05, 0) is 47.5 Å². The maximum atomic E-state index is 11.9. The lowest BCUT2D eigenvalue weighted by Crippen LogP contribution is -2.50. The van der Waals surface area contributed by atoms with E-state index in [0.717, 1.165) is 28.0 Å². The highest BCUT2D eigenvalue weighted by molar-refractivity contribution is 14.1. The fourth-order valence-corrected chi connectivity index (χ4v) is 3.19. The summed E-state index contributed by atoms with van der Waals surface area (Å²) in [5.74, 6) is 0.614. The second kappa shape index (κ2) is 6.92. The largest absolute Gasteiger partial charge is 0.348 e. The molecule has 1 saturated heterocycles. The topological polar surface area (TPSA) is 41.1 Å². The van der Waals surface area contributed by atoms with E-state index in [1.807, 2.05) is 11.4 Å². The van der Waals surface area contributed by atoms with Crippen LogP contribution in [0.25, 0.3) is 0 Å². The predicted octanol–water partition coefficient (Wildman–Crippen LogP) is 2.50. The molecule has 1 fully saturated rings. The Kier molecular flexibility index (Phi) is 6.19. The zero-order valence-corrected chi connectivity index (χ0v) is 13.3. The van der Waals surface area contributed by atoms with Gasteiger partial charge in [0.25, 0.3) is 5.91 Å². The molecule has 96 valence electrons. The first kappa shape index (κ1) is 15.2. The standard InChI is InChI=1S/C11H15IN2OS.ClH/c1-7-2-3-13-5-9(7)14-11(15)8-4-10(12)16-6-8;/h4,6-7,9,13H,2-3,5H2,1H3,(H,14,15);1H. The number of hydrogen-bond donors (Lipinski definition) is 2. The summed E-state index contributed by atoms with van der Waals surface area (Å²) in [7, 11) is 0. The summed E-state index contributed by atoms with van der Waals surface area (Å²) in [6.45, 7) is 4.14. The van der Waals surface area contributed by atoms with Crippen molar-refractivity contribution < 1.29 is 4.79 Å². The molecule has 6 heteroatoms. The summed E-state index contributed by atoms with van der Waals surface area (Å²) in [5, 5.41) is 8.33. The fraction of sp³-hybridized carbons (Fsp3) is 0.545. The third-order valence-corrected chi connectivity index (χ3v) is 4.76. The van der Waals surface area contributed by atoms with Crippen LogP contribution in [0.5, 0.6) is 0 Å². The second-order valence-corrected chi connectivity index (χ2v) is 6.99. The van der Waals surface area contributed by atoms with Crippen LogP contribution >= 0.6 is 46.3 Å². The van der Waals surface area contributed by atoms with Gasteiger partial charge >= 0.3 is 0 Å². The summed E-state index contributed by atoms with van der Waals surface area (Å²) < 4.78 is 1.15. The van der Waals surface area contributed by atoms with Crippen LogP contribution < -0.4 is 10.6 Å². The molecular formula is C11H16ClIN2OS. The van der Waals surface area contributed by atoms with E-state index in [1.165, 1.54) is 0 Å². The zero-order valence-electron chi connectivity index (χ0n) is 9.53. The van der Waals surface area contributed by atoms with Gasteiger partial charge in [-0.25, -0.2) is 0 Å². The Labute approximate surface area is 125 Å². The molecule has 17 heavy (non-hydrogen) atoms. The normalized spacial score (nSPS) is 23.9. The van der Waals surface area contributed by atoms with Crippen LogP contribution in [0.15, 0.2) is 11.4 Å². The van der Waals surface area contributed by atoms with E-state index in [9.17, 15) is 4.79 Å². The van der Waals surface area contributed by atoms with E-state index in [2.05, 4.69) is 40.1 Å². The smallest absolute Gasteiger partial charge is 0.252 e. The minimum Gasteiger partial charge on any atom is -0.348 e. The number of piperidine rings is 1. The molecule has 0 saturated carbocycles. The minimum absolute atomic E-state index is 0. The van der Waals surface area contributed by atoms with E-state index in [1.54, 1.807) is 11.3 Å². The number of carbonyl (C=O) groups excluding carboxylic acids is 1. The quantitative estimate of drug-likeness (QED) is 0.767. The Bertz CT molecular complexity index is 385. The highest BCUT2D eigenvalue weighted by atomic mass is 127. The molecule has 0 radical (unpaired) electrons. The van der Waals surface area contributed by atoms with E-state index >= 15 is 0 Å². The number of rotatable bonds is 2. The van der Waals surface area contributed by atoms with E-state index < -0.39 is 0 Å². The van der Waals surface area contributed by atoms with Crippen molar-refractivity contribution in [2.75, 3.05) is 13.1 Å². The van der Waals surface area contributed by atoms with Gasteiger partial charge in [-0.2, -0.15) is 0 Å². The van der Waals surface area contributed by atoms with Gasteiger partial charge in [0, 0.05) is 18.0 Å². The van der Waals surface area contributed by atoms with Crippen LogP contribution in [0.4, 0.5) is 0 Å². The van der Waals surface area contributed by atoms with Crippen molar-refractivity contribution in [3.05, 3.63) is 19.9 Å². The third kappa shape index (κ3) is 4.08. The first-order chi connectivity index (χ1) is 7.66. The number of thiophene rings is 1. The molecule has 2 unspecified atom stereocenters. The van der Waals surface area contributed by atoms with E-state index in [4.69, 9.17) is 0 Å². The van der Waals surface area contributed by atoms with Gasteiger partial charge < -0.3 is 10.6 Å². The number of nitrogens with one attached hydrogen (secondary N) is 2. The average molecular weight is 387 g/mol. The van der Waals surface area contributed by atoms with Crippen molar-refractivity contribution in [3.63, 3.8) is 0 Å². The molecule has 0 spiro atoms. The molecule has 0 aliphatic carbocycles.